The molecular formula is C108H110Br3ClN32O5. The van der Waals surface area contributed by atoms with Gasteiger partial charge in [0.1, 0.15) is 34.1 Å². The molecule has 6 saturated heterocycles. The normalized spacial score (nSPS) is 16.8. The van der Waals surface area contributed by atoms with Crippen LogP contribution < -0.4 is 49.9 Å². The van der Waals surface area contributed by atoms with Crippen molar-refractivity contribution >= 4 is 177 Å². The molecule has 149 heavy (non-hydrogen) atoms. The molecule has 0 bridgehead atoms. The summed E-state index contributed by atoms with van der Waals surface area (Å²) in [6.45, 7) is 16.4. The highest BCUT2D eigenvalue weighted by Gasteiger charge is 2.41. The van der Waals surface area contributed by atoms with Gasteiger partial charge in [-0.25, -0.2) is 29.7 Å². The topological polar surface area (TPSA) is 457 Å². The van der Waals surface area contributed by atoms with Crippen LogP contribution in [0.5, 0.6) is 0 Å². The van der Waals surface area contributed by atoms with Crippen LogP contribution in [0.1, 0.15) is 91.9 Å². The molecule has 0 spiro atoms. The van der Waals surface area contributed by atoms with Crippen molar-refractivity contribution in [2.45, 2.75) is 121 Å². The van der Waals surface area contributed by atoms with E-state index in [0.717, 1.165) is 293 Å². The van der Waals surface area contributed by atoms with Crippen LogP contribution in [0.15, 0.2) is 227 Å². The van der Waals surface area contributed by atoms with Crippen molar-refractivity contribution in [3.8, 4) is 55.6 Å². The van der Waals surface area contributed by atoms with E-state index in [2.05, 4.69) is 204 Å². The van der Waals surface area contributed by atoms with Gasteiger partial charge in [-0.2, -0.15) is 48.1 Å². The number of aryl methyl sites for hydroxylation is 1. The number of ether oxygens (including phenoxy) is 4. The van der Waals surface area contributed by atoms with E-state index in [-0.39, 0.29) is 24.2 Å². The van der Waals surface area contributed by atoms with Crippen molar-refractivity contribution in [2.75, 3.05) is 115 Å². The number of urea groups is 1. The Kier molecular flexibility index (Phi) is 29.4. The third kappa shape index (κ3) is 21.0. The van der Waals surface area contributed by atoms with Crippen LogP contribution in [0, 0.1) is 6.92 Å². The van der Waals surface area contributed by atoms with E-state index in [1.165, 1.54) is 5.56 Å². The Balaban J connectivity index is 0.000000106. The summed E-state index contributed by atoms with van der Waals surface area (Å²) in [4.78, 5) is 65.9. The van der Waals surface area contributed by atoms with Gasteiger partial charge in [-0.05, 0) is 173 Å². The van der Waals surface area contributed by atoms with E-state index in [4.69, 9.17) is 84.1 Å². The van der Waals surface area contributed by atoms with Crippen molar-refractivity contribution in [2.24, 2.45) is 0 Å². The Morgan fingerprint density at radius 3 is 1.22 bits per heavy atom. The molecule has 20 aromatic rings. The molecule has 2 amide bonds. The van der Waals surface area contributed by atoms with E-state index >= 15 is 0 Å². The van der Waals surface area contributed by atoms with Crippen LogP contribution in [0.4, 0.5) is 33.9 Å². The molecule has 41 heteroatoms. The fourth-order valence-electron chi connectivity index (χ4n) is 20.1. The Morgan fingerprint density at radius 2 is 0.779 bits per heavy atom. The summed E-state index contributed by atoms with van der Waals surface area (Å²) in [5.74, 6) is 2.57. The number of nitrogens with one attached hydrogen (secondary N) is 4. The quantitative estimate of drug-likeness (QED) is 0.0385. The number of halogens is 4. The highest BCUT2D eigenvalue weighted by atomic mass is 79.9. The predicted octanol–water partition coefficient (Wildman–Crippen LogP) is 16.7. The van der Waals surface area contributed by atoms with Gasteiger partial charge in [0.2, 0.25) is 0 Å². The number of anilines is 5. The Hall–Kier alpha value is -14.1. The number of piperidine rings is 1. The zero-order chi connectivity index (χ0) is 102. The monoisotopic (exact) mass is 2210 g/mol. The van der Waals surface area contributed by atoms with Crippen LogP contribution in [0.2, 0.25) is 5.02 Å². The third-order valence-electron chi connectivity index (χ3n) is 28.5. The van der Waals surface area contributed by atoms with Crippen LogP contribution in [-0.2, 0) is 45.1 Å². The number of aromatic nitrogens is 20. The number of hydrogen-bond acceptors (Lipinski definition) is 30. The number of fused-ring (bicyclic) bond motifs is 11. The number of rotatable bonds is 18. The van der Waals surface area contributed by atoms with Gasteiger partial charge in [-0.1, -0.05) is 96.0 Å². The number of likely N-dealkylation sites (tertiary alicyclic amines) is 1. The lowest BCUT2D eigenvalue weighted by Crippen LogP contribution is -2.50. The van der Waals surface area contributed by atoms with E-state index < -0.39 is 0 Å². The minimum absolute atomic E-state index is 0.0124. The summed E-state index contributed by atoms with van der Waals surface area (Å²) < 4.78 is 32.4. The van der Waals surface area contributed by atoms with E-state index in [9.17, 15) is 4.79 Å². The number of para-hydroxylation sites is 4. The van der Waals surface area contributed by atoms with Gasteiger partial charge in [0.05, 0.1) is 132 Å². The lowest BCUT2D eigenvalue weighted by molar-refractivity contribution is 0.0189. The van der Waals surface area contributed by atoms with Gasteiger partial charge < -0.3 is 73.8 Å². The van der Waals surface area contributed by atoms with E-state index in [0.29, 0.717) is 89.8 Å². The van der Waals surface area contributed by atoms with Gasteiger partial charge in [0, 0.05) is 237 Å². The van der Waals surface area contributed by atoms with Crippen LogP contribution in [0.3, 0.4) is 0 Å². The maximum Gasteiger partial charge on any atom is 0.317 e. The third-order valence-corrected chi connectivity index (χ3v) is 31.5. The number of nitrogens with two attached hydrogens (primary N) is 5. The molecule has 6 aliphatic heterocycles. The number of pyridine rings is 5. The second-order valence-corrected chi connectivity index (χ2v) is 40.8. The average molecular weight is 2210 g/mol. The minimum atomic E-state index is -0.0124. The summed E-state index contributed by atoms with van der Waals surface area (Å²) in [6.07, 6.45) is 25.2. The second-order valence-electron chi connectivity index (χ2n) is 38.1. The molecule has 37 nitrogen and oxygen atoms in total. The second kappa shape index (κ2) is 44.0. The van der Waals surface area contributed by atoms with Crippen LogP contribution >= 0.6 is 59.4 Å². The number of benzene rings is 5. The predicted molar refractivity (Wildman–Crippen MR) is 590 cm³/mol. The Bertz CT molecular complexity index is 8390. The standard InChI is InChI=1S/C23H23ClN8O.C22H23BrN6O.2C21H21BrN6O.C21H22N6O/c1-30-19-6-7-31(11-17(19)29-23(30)33)12-18-20(24)21(25)32-22(28-18)15(10-27-32)14-8-13-4-2-3-5-16(13)26-9-14;1-13-2-3-18-14(8-13)9-15(10-26-18)17-11-27-29-21(24)20(23)19(28-22(17)29)12-25-16-4-6-30-7-5-16;1-13(27-6-8-29-9-7-27)19-18(22)20(23)28-21(26-19)16(12-25-28)15-10-14-4-2-3-5-17(14)24-11-15;22-19-18(12-24-15-5-7-29-8-6-15)27-21-16(11-26-28(21)20(19)23)14-9-13-3-1-2-4-17(13)25-10-14;22-20-10-17(12-23-16-5-7-28-8-6-16)26-21-18(13-25-27(20)21)15-9-14-3-1-2-4-19(14)24-11-15/h2-5,8-10,17,19H,6-7,11-12,25H2,1H3,(H,29,33);2-3,8-11,16,25H,4-7,12,24H2,1H3;2-5,10-13H,6-9,23H2,1H3;1-4,9-11,15,24H,5-8,12,23H2;1-4,9-11,13,16,23H,5-8,12,22H2/t17-,19+;;;;/m0..../s1. The largest absolute Gasteiger partial charge is 0.384 e. The maximum absolute atomic E-state index is 12.0. The number of hydrogen-bond donors (Lipinski definition) is 9. The number of nitrogen functional groups attached to an aromatic ring is 5. The molecule has 26 rings (SSSR count). The van der Waals surface area contributed by atoms with Crippen LogP contribution in [0.25, 0.3) is 138 Å². The summed E-state index contributed by atoms with van der Waals surface area (Å²) in [5, 5.41) is 41.9. The van der Waals surface area contributed by atoms with Crippen molar-refractivity contribution in [3.63, 3.8) is 0 Å². The van der Waals surface area contributed by atoms with Crippen molar-refractivity contribution in [1.29, 1.82) is 0 Å². The van der Waals surface area contributed by atoms with Crippen LogP contribution in [-0.4, -0.2) is 235 Å². The number of morpholine rings is 1. The first-order valence-electron chi connectivity index (χ1n) is 49.9. The van der Waals surface area contributed by atoms with Crippen molar-refractivity contribution < 1.29 is 23.7 Å². The number of amides is 2. The minimum Gasteiger partial charge on any atom is -0.384 e. The lowest BCUT2D eigenvalue weighted by Gasteiger charge is -2.35. The highest BCUT2D eigenvalue weighted by molar-refractivity contribution is 9.11. The molecule has 1 unspecified atom stereocenters. The molecule has 0 saturated carbocycles. The molecule has 15 aromatic heterocycles. The van der Waals surface area contributed by atoms with E-state index in [1.54, 1.807) is 58.5 Å². The molecule has 0 radical (unpaired) electrons. The SMILES string of the molecule is CC(c1nc2c(-c3cnc4ccccc4c3)cnn2c(N)c1Br)N1CCOCC1.CN1C(=O)N[C@H]2CN(Cc3nc4c(-c5cnc6ccccc6c5)cnn4c(N)c3Cl)CC[C@H]21.Cc1ccc2ncc(-c3cnn4c(N)c(Br)c(CNC5CCOCC5)nc34)cc2c1.Nc1c(Br)c(CNC2CCOCC2)nc2c(-c3cnc4ccccc4c3)cnn12.Nc1cc(CNC2CCOCC2)nc2c(-c3cnc4ccccc4c3)cnn12. The van der Waals surface area contributed by atoms with Gasteiger partial charge in [0.25, 0.3) is 0 Å². The summed E-state index contributed by atoms with van der Waals surface area (Å²) in [5.41, 5.74) is 54.9. The zero-order valence-electron chi connectivity index (χ0n) is 82.2. The number of carbonyl (C=O) groups is 1. The van der Waals surface area contributed by atoms with Crippen molar-refractivity contribution in [1.82, 2.24) is 134 Å². The molecule has 5 aromatic carbocycles. The smallest absolute Gasteiger partial charge is 0.317 e. The first-order valence-corrected chi connectivity index (χ1v) is 52.7. The Labute approximate surface area is 886 Å². The maximum atomic E-state index is 12.0. The fourth-order valence-corrected chi connectivity index (χ4v) is 21.7. The average Bonchev–Trinajstić information content (AvgIpc) is 1.64. The first kappa shape index (κ1) is 99.5. The molecule has 0 aliphatic carbocycles. The van der Waals surface area contributed by atoms with Gasteiger partial charge in [0.15, 0.2) is 28.2 Å². The first-order chi connectivity index (χ1) is 72.7. The fraction of sp³-hybridized carbons (Fsp3) is 0.296. The molecule has 21 heterocycles. The molecule has 14 N–H and O–H groups in total. The summed E-state index contributed by atoms with van der Waals surface area (Å²) in [6, 6.07) is 52.6. The van der Waals surface area contributed by atoms with E-state index in [1.807, 2.05) is 129 Å². The number of likely N-dealkylation sites (N-methyl/N-ethyl adjacent to an activating group) is 1. The van der Waals surface area contributed by atoms with Crippen molar-refractivity contribution in [3.05, 3.63) is 266 Å². The summed E-state index contributed by atoms with van der Waals surface area (Å²) in [7, 11) is 1.85. The number of carbonyl (C=O) groups excluding carboxylic acids is 1. The summed E-state index contributed by atoms with van der Waals surface area (Å²) >= 11 is 17.5. The molecule has 6 fully saturated rings. The lowest BCUT2D eigenvalue weighted by atomic mass is 10.00. The molecular weight excluding hydrogens is 2100 g/mol. The molecule has 3 atom stereocenters. The molecule has 6 aliphatic rings. The Morgan fingerprint density at radius 1 is 0.409 bits per heavy atom. The molecule has 760 valence electrons. The van der Waals surface area contributed by atoms with Gasteiger partial charge in [-0.3, -0.25) is 34.7 Å². The zero-order valence-corrected chi connectivity index (χ0v) is 87.7. The highest BCUT2D eigenvalue weighted by Crippen LogP contribution is 2.40. The van der Waals surface area contributed by atoms with Gasteiger partial charge in [-0.15, -0.1) is 0 Å². The van der Waals surface area contributed by atoms with Gasteiger partial charge >= 0.3 is 6.03 Å². The number of nitrogens with zero attached hydrogens (tertiary/aromatic N) is 23.